The van der Waals surface area contributed by atoms with Gasteiger partial charge >= 0.3 is 0 Å². The molecule has 0 amide bonds. The number of hydrogen-bond acceptors (Lipinski definition) is 2. The second-order valence-electron chi connectivity index (χ2n) is 3.53. The van der Waals surface area contributed by atoms with E-state index in [2.05, 4.69) is 0 Å². The molecule has 78 valence electrons. The van der Waals surface area contributed by atoms with Crippen LogP contribution in [0.4, 0.5) is 0 Å². The molecule has 2 nitrogen and oxygen atoms in total. The summed E-state index contributed by atoms with van der Waals surface area (Å²) < 4.78 is 0. The SMILES string of the molecule is Cc1cc(CCCN)c(C)c(Cl)c1O. The first-order chi connectivity index (χ1) is 6.57. The summed E-state index contributed by atoms with van der Waals surface area (Å²) in [6, 6.07) is 1.98. The Morgan fingerprint density at radius 2 is 2.07 bits per heavy atom. The molecule has 3 heteroatoms. The lowest BCUT2D eigenvalue weighted by Crippen LogP contribution is -2.02. The first-order valence-corrected chi connectivity index (χ1v) is 5.13. The third-order valence-electron chi connectivity index (χ3n) is 2.43. The molecule has 0 heterocycles. The minimum absolute atomic E-state index is 0.195. The average molecular weight is 214 g/mol. The van der Waals surface area contributed by atoms with E-state index >= 15 is 0 Å². The van der Waals surface area contributed by atoms with Gasteiger partial charge in [0, 0.05) is 0 Å². The Bertz CT molecular complexity index is 337. The van der Waals surface area contributed by atoms with Crippen LogP contribution in [0.3, 0.4) is 0 Å². The number of halogens is 1. The van der Waals surface area contributed by atoms with Crippen molar-refractivity contribution < 1.29 is 5.11 Å². The molecule has 0 bridgehead atoms. The summed E-state index contributed by atoms with van der Waals surface area (Å²) in [6.07, 6.45) is 1.87. The first kappa shape index (κ1) is 11.3. The van der Waals surface area contributed by atoms with Gasteiger partial charge in [-0.1, -0.05) is 17.7 Å². The molecule has 0 saturated heterocycles. The van der Waals surface area contributed by atoms with E-state index < -0.39 is 0 Å². The van der Waals surface area contributed by atoms with Crippen LogP contribution in [0.1, 0.15) is 23.1 Å². The second-order valence-corrected chi connectivity index (χ2v) is 3.91. The zero-order valence-corrected chi connectivity index (χ0v) is 9.36. The van der Waals surface area contributed by atoms with Crippen LogP contribution in [-0.4, -0.2) is 11.7 Å². The Balaban J connectivity index is 3.06. The minimum atomic E-state index is 0.195. The quantitative estimate of drug-likeness (QED) is 0.811. The molecule has 0 radical (unpaired) electrons. The number of phenolic OH excluding ortho intramolecular Hbond substituents is 1. The highest BCUT2D eigenvalue weighted by atomic mass is 35.5. The lowest BCUT2D eigenvalue weighted by atomic mass is 10.0. The molecule has 1 aromatic carbocycles. The monoisotopic (exact) mass is 213 g/mol. The van der Waals surface area contributed by atoms with Crippen molar-refractivity contribution in [2.24, 2.45) is 5.73 Å². The smallest absolute Gasteiger partial charge is 0.137 e. The highest BCUT2D eigenvalue weighted by Crippen LogP contribution is 2.33. The van der Waals surface area contributed by atoms with Crippen LogP contribution in [0.5, 0.6) is 5.75 Å². The number of rotatable bonds is 3. The van der Waals surface area contributed by atoms with Crippen molar-refractivity contribution in [3.63, 3.8) is 0 Å². The maximum atomic E-state index is 9.58. The van der Waals surface area contributed by atoms with Gasteiger partial charge in [0.1, 0.15) is 5.75 Å². The van der Waals surface area contributed by atoms with E-state index in [1.165, 1.54) is 5.56 Å². The molecule has 0 unspecified atom stereocenters. The van der Waals surface area contributed by atoms with Crippen LogP contribution < -0.4 is 5.73 Å². The van der Waals surface area contributed by atoms with E-state index in [-0.39, 0.29) is 5.75 Å². The van der Waals surface area contributed by atoms with E-state index in [1.807, 2.05) is 19.9 Å². The molecule has 0 aromatic heterocycles. The average Bonchev–Trinajstić information content (AvgIpc) is 2.18. The number of benzene rings is 1. The summed E-state index contributed by atoms with van der Waals surface area (Å²) >= 11 is 5.99. The number of nitrogens with two attached hydrogens (primary N) is 1. The normalized spacial score (nSPS) is 10.6. The fourth-order valence-electron chi connectivity index (χ4n) is 1.48. The van der Waals surface area contributed by atoms with Crippen molar-refractivity contribution >= 4 is 11.6 Å². The highest BCUT2D eigenvalue weighted by Gasteiger charge is 2.09. The molecule has 0 fully saturated rings. The Labute approximate surface area is 89.7 Å². The first-order valence-electron chi connectivity index (χ1n) is 4.75. The molecule has 0 spiro atoms. The summed E-state index contributed by atoms with van der Waals surface area (Å²) in [5.74, 6) is 0.195. The van der Waals surface area contributed by atoms with Crippen LogP contribution in [0.15, 0.2) is 6.07 Å². The molecule has 0 aliphatic rings. The van der Waals surface area contributed by atoms with Gasteiger partial charge in [0.25, 0.3) is 0 Å². The molecule has 1 aromatic rings. The van der Waals surface area contributed by atoms with Gasteiger partial charge in [-0.05, 0) is 49.9 Å². The third kappa shape index (κ3) is 2.20. The lowest BCUT2D eigenvalue weighted by Gasteiger charge is -2.11. The fraction of sp³-hybridized carbons (Fsp3) is 0.455. The molecule has 0 saturated carbocycles. The Morgan fingerprint density at radius 3 is 2.64 bits per heavy atom. The van der Waals surface area contributed by atoms with Crippen molar-refractivity contribution in [2.75, 3.05) is 6.54 Å². The van der Waals surface area contributed by atoms with Crippen molar-refractivity contribution in [2.45, 2.75) is 26.7 Å². The number of phenols is 1. The molecule has 1 rings (SSSR count). The van der Waals surface area contributed by atoms with Gasteiger partial charge in [0.15, 0.2) is 0 Å². The van der Waals surface area contributed by atoms with Crippen molar-refractivity contribution in [1.29, 1.82) is 0 Å². The lowest BCUT2D eigenvalue weighted by molar-refractivity contribution is 0.470. The second kappa shape index (κ2) is 4.67. The van der Waals surface area contributed by atoms with E-state index in [0.717, 1.165) is 24.0 Å². The van der Waals surface area contributed by atoms with Crippen LogP contribution in [0, 0.1) is 13.8 Å². The summed E-state index contributed by atoms with van der Waals surface area (Å²) in [4.78, 5) is 0. The van der Waals surface area contributed by atoms with E-state index in [4.69, 9.17) is 17.3 Å². The Morgan fingerprint density at radius 1 is 1.43 bits per heavy atom. The van der Waals surface area contributed by atoms with Gasteiger partial charge in [0.05, 0.1) is 5.02 Å². The molecule has 0 aliphatic heterocycles. The molecule has 0 atom stereocenters. The minimum Gasteiger partial charge on any atom is -0.506 e. The topological polar surface area (TPSA) is 46.2 Å². The van der Waals surface area contributed by atoms with Crippen LogP contribution >= 0.6 is 11.6 Å². The highest BCUT2D eigenvalue weighted by molar-refractivity contribution is 6.33. The van der Waals surface area contributed by atoms with E-state index in [0.29, 0.717) is 11.6 Å². The Kier molecular flexibility index (Phi) is 3.78. The van der Waals surface area contributed by atoms with Gasteiger partial charge in [-0.2, -0.15) is 0 Å². The van der Waals surface area contributed by atoms with Crippen LogP contribution in [-0.2, 0) is 6.42 Å². The fourth-order valence-corrected chi connectivity index (χ4v) is 1.75. The zero-order chi connectivity index (χ0) is 10.7. The predicted octanol–water partition coefficient (Wildman–Crippen LogP) is 2.55. The zero-order valence-electron chi connectivity index (χ0n) is 8.60. The third-order valence-corrected chi connectivity index (χ3v) is 2.90. The van der Waals surface area contributed by atoms with Crippen molar-refractivity contribution in [3.8, 4) is 5.75 Å². The number of aryl methyl sites for hydroxylation is 2. The molecular formula is C11H16ClNO. The van der Waals surface area contributed by atoms with Gasteiger partial charge in [0.2, 0.25) is 0 Å². The maximum absolute atomic E-state index is 9.58. The number of aromatic hydroxyl groups is 1. The van der Waals surface area contributed by atoms with Gasteiger partial charge < -0.3 is 10.8 Å². The van der Waals surface area contributed by atoms with Crippen molar-refractivity contribution in [1.82, 2.24) is 0 Å². The Hall–Kier alpha value is -0.730. The molecule has 14 heavy (non-hydrogen) atoms. The van der Waals surface area contributed by atoms with Gasteiger partial charge in [-0.15, -0.1) is 0 Å². The summed E-state index contributed by atoms with van der Waals surface area (Å²) in [6.45, 7) is 4.46. The van der Waals surface area contributed by atoms with Crippen LogP contribution in [0.2, 0.25) is 5.02 Å². The number of hydrogen-bond donors (Lipinski definition) is 2. The summed E-state index contributed by atoms with van der Waals surface area (Å²) in [5, 5.41) is 10.0. The van der Waals surface area contributed by atoms with Gasteiger partial charge in [-0.3, -0.25) is 0 Å². The predicted molar refractivity (Wildman–Crippen MR) is 60.0 cm³/mol. The van der Waals surface area contributed by atoms with Crippen LogP contribution in [0.25, 0.3) is 0 Å². The maximum Gasteiger partial charge on any atom is 0.137 e. The van der Waals surface area contributed by atoms with Crippen molar-refractivity contribution in [3.05, 3.63) is 27.8 Å². The van der Waals surface area contributed by atoms with Gasteiger partial charge in [-0.25, -0.2) is 0 Å². The molecule has 0 aliphatic carbocycles. The van der Waals surface area contributed by atoms with E-state index in [9.17, 15) is 5.11 Å². The standard InChI is InChI=1S/C11H16ClNO/c1-7-6-9(4-3-5-13)8(2)10(12)11(7)14/h6,14H,3-5,13H2,1-2H3. The van der Waals surface area contributed by atoms with E-state index in [1.54, 1.807) is 0 Å². The molecular weight excluding hydrogens is 198 g/mol. The summed E-state index contributed by atoms with van der Waals surface area (Å²) in [5.41, 5.74) is 8.41. The summed E-state index contributed by atoms with van der Waals surface area (Å²) in [7, 11) is 0. The molecule has 3 N–H and O–H groups in total. The largest absolute Gasteiger partial charge is 0.506 e.